The van der Waals surface area contributed by atoms with Crippen LogP contribution in [-0.4, -0.2) is 25.1 Å². The van der Waals surface area contributed by atoms with Crippen molar-refractivity contribution in [1.29, 1.82) is 0 Å². The summed E-state index contributed by atoms with van der Waals surface area (Å²) in [5.74, 6) is -0.414. The van der Waals surface area contributed by atoms with Crippen LogP contribution in [0.15, 0.2) is 105 Å². The first-order valence-electron chi connectivity index (χ1n) is 10.1. The van der Waals surface area contributed by atoms with Crippen molar-refractivity contribution in [3.05, 3.63) is 116 Å². The van der Waals surface area contributed by atoms with E-state index in [1.54, 1.807) is 43.5 Å². The maximum atomic E-state index is 12.8. The van der Waals surface area contributed by atoms with Crippen LogP contribution in [0.25, 0.3) is 6.08 Å². The summed E-state index contributed by atoms with van der Waals surface area (Å²) in [7, 11) is 1.54. The number of methoxy groups -OCH3 is 1. The van der Waals surface area contributed by atoms with Gasteiger partial charge in [0.25, 0.3) is 11.8 Å². The van der Waals surface area contributed by atoms with Crippen LogP contribution in [0.5, 0.6) is 5.75 Å². The number of carbonyl (C=O) groups excluding carboxylic acids is 2. The number of amides is 2. The summed E-state index contributed by atoms with van der Waals surface area (Å²) in [5, 5.41) is 6.69. The van der Waals surface area contributed by atoms with Gasteiger partial charge in [-0.05, 0) is 51.8 Å². The van der Waals surface area contributed by atoms with Gasteiger partial charge in [-0.15, -0.1) is 0 Å². The fraction of sp³-hybridized carbons (Fsp3) is 0.0385. The second kappa shape index (κ2) is 12.7. The van der Waals surface area contributed by atoms with E-state index in [1.165, 1.54) is 12.3 Å². The van der Waals surface area contributed by atoms with Crippen molar-refractivity contribution >= 4 is 56.0 Å². The monoisotopic (exact) mass is 581 g/mol. The molecule has 0 fully saturated rings. The largest absolute Gasteiger partial charge is 0.495 e. The lowest BCUT2D eigenvalue weighted by Crippen LogP contribution is -2.32. The Morgan fingerprint density at radius 3 is 2.32 bits per heavy atom. The number of benzene rings is 3. The zero-order valence-corrected chi connectivity index (χ0v) is 21.3. The molecule has 2 amide bonds. The lowest BCUT2D eigenvalue weighted by Gasteiger charge is -2.09. The molecule has 0 saturated heterocycles. The number of hydrazone groups is 1. The summed E-state index contributed by atoms with van der Waals surface area (Å²) in [6, 6.07) is 21.9. The molecule has 0 bridgehead atoms. The van der Waals surface area contributed by atoms with Gasteiger partial charge in [0.15, 0.2) is 0 Å². The molecule has 3 rings (SSSR count). The Kier molecular flexibility index (Phi) is 9.37. The van der Waals surface area contributed by atoms with Gasteiger partial charge in [-0.1, -0.05) is 76.6 Å². The van der Waals surface area contributed by atoms with Gasteiger partial charge in [-0.2, -0.15) is 5.10 Å². The van der Waals surface area contributed by atoms with E-state index in [-0.39, 0.29) is 5.70 Å². The molecule has 3 aromatic rings. The van der Waals surface area contributed by atoms with E-state index in [2.05, 4.69) is 47.7 Å². The van der Waals surface area contributed by atoms with Crippen LogP contribution in [0, 0.1) is 0 Å². The van der Waals surface area contributed by atoms with Crippen LogP contribution in [-0.2, 0) is 4.79 Å². The van der Waals surface area contributed by atoms with Gasteiger partial charge in [-0.25, -0.2) is 5.43 Å². The van der Waals surface area contributed by atoms with E-state index >= 15 is 0 Å². The Hall–Kier alpha value is -3.49. The van der Waals surface area contributed by atoms with E-state index in [1.807, 2.05) is 48.5 Å². The minimum absolute atomic E-state index is 0.0422. The molecule has 0 aliphatic heterocycles. The number of nitrogens with one attached hydrogen (secondary N) is 2. The molecule has 0 radical (unpaired) electrons. The van der Waals surface area contributed by atoms with Gasteiger partial charge >= 0.3 is 0 Å². The third-order valence-corrected chi connectivity index (χ3v) is 5.54. The lowest BCUT2D eigenvalue weighted by atomic mass is 10.2. The predicted octanol–water partition coefficient (Wildman–Crippen LogP) is 5.70. The van der Waals surface area contributed by atoms with Crippen molar-refractivity contribution in [3.8, 4) is 5.75 Å². The fourth-order valence-electron chi connectivity index (χ4n) is 2.89. The summed E-state index contributed by atoms with van der Waals surface area (Å²) in [4.78, 5) is 25.5. The number of allylic oxidation sites excluding steroid dienone is 2. The number of nitrogens with zero attached hydrogens (tertiary/aromatic N) is 1. The second-order valence-electron chi connectivity index (χ2n) is 6.88. The molecule has 0 unspecified atom stereocenters. The summed E-state index contributed by atoms with van der Waals surface area (Å²) in [6.45, 7) is 0. The number of halogens is 2. The van der Waals surface area contributed by atoms with Crippen molar-refractivity contribution in [2.45, 2.75) is 0 Å². The minimum Gasteiger partial charge on any atom is -0.495 e. The van der Waals surface area contributed by atoms with Crippen LogP contribution < -0.4 is 15.5 Å². The second-order valence-corrected chi connectivity index (χ2v) is 8.65. The molecular weight excluding hydrogens is 562 g/mol. The Morgan fingerprint density at radius 1 is 0.971 bits per heavy atom. The van der Waals surface area contributed by atoms with Crippen molar-refractivity contribution < 1.29 is 14.3 Å². The number of rotatable bonds is 8. The van der Waals surface area contributed by atoms with E-state index in [9.17, 15) is 9.59 Å². The Labute approximate surface area is 214 Å². The van der Waals surface area contributed by atoms with Crippen LogP contribution in [0.1, 0.15) is 21.5 Å². The summed E-state index contributed by atoms with van der Waals surface area (Å²) in [6.07, 6.45) is 6.50. The Balaban J connectivity index is 1.80. The van der Waals surface area contributed by atoms with Gasteiger partial charge in [0.2, 0.25) is 0 Å². The molecule has 0 aliphatic rings. The molecule has 34 heavy (non-hydrogen) atoms. The van der Waals surface area contributed by atoms with Crippen molar-refractivity contribution in [1.82, 2.24) is 10.7 Å². The minimum atomic E-state index is -0.578. The fourth-order valence-corrected chi connectivity index (χ4v) is 4.31. The molecule has 0 spiro atoms. The number of ether oxygens (including phenoxy) is 1. The van der Waals surface area contributed by atoms with Gasteiger partial charge in [0.05, 0.1) is 17.8 Å². The average Bonchev–Trinajstić information content (AvgIpc) is 2.84. The summed E-state index contributed by atoms with van der Waals surface area (Å²) >= 11 is 6.85. The molecule has 0 atom stereocenters. The highest BCUT2D eigenvalue weighted by Gasteiger charge is 2.14. The van der Waals surface area contributed by atoms with E-state index in [4.69, 9.17) is 4.74 Å². The lowest BCUT2D eigenvalue weighted by molar-refractivity contribution is -0.117. The highest BCUT2D eigenvalue weighted by Crippen LogP contribution is 2.31. The molecule has 8 heteroatoms. The first-order chi connectivity index (χ1) is 16.5. The van der Waals surface area contributed by atoms with Gasteiger partial charge in [-0.3, -0.25) is 9.59 Å². The molecule has 0 heterocycles. The number of hydrogen-bond acceptors (Lipinski definition) is 4. The molecule has 3 aromatic carbocycles. The summed E-state index contributed by atoms with van der Waals surface area (Å²) < 4.78 is 6.93. The van der Waals surface area contributed by atoms with E-state index in [0.29, 0.717) is 16.9 Å². The number of carbonyl (C=O) groups is 2. The first-order valence-corrected chi connectivity index (χ1v) is 11.7. The zero-order valence-electron chi connectivity index (χ0n) is 18.2. The van der Waals surface area contributed by atoms with Crippen molar-refractivity contribution in [2.75, 3.05) is 7.11 Å². The molecular formula is C26H21Br2N3O3. The van der Waals surface area contributed by atoms with E-state index in [0.717, 1.165) is 14.5 Å². The average molecular weight is 583 g/mol. The van der Waals surface area contributed by atoms with Crippen LogP contribution in [0.3, 0.4) is 0 Å². The molecule has 6 nitrogen and oxygen atoms in total. The highest BCUT2D eigenvalue weighted by atomic mass is 79.9. The molecule has 0 saturated carbocycles. The topological polar surface area (TPSA) is 79.8 Å². The van der Waals surface area contributed by atoms with Crippen LogP contribution in [0.4, 0.5) is 0 Å². The highest BCUT2D eigenvalue weighted by molar-refractivity contribution is 9.11. The zero-order chi connectivity index (χ0) is 24.3. The van der Waals surface area contributed by atoms with Gasteiger partial charge in [0.1, 0.15) is 11.4 Å². The Bertz CT molecular complexity index is 1240. The van der Waals surface area contributed by atoms with Crippen molar-refractivity contribution in [2.24, 2.45) is 5.10 Å². The third kappa shape index (κ3) is 7.26. The van der Waals surface area contributed by atoms with Crippen molar-refractivity contribution in [3.63, 3.8) is 0 Å². The van der Waals surface area contributed by atoms with Crippen LogP contribution in [0.2, 0.25) is 0 Å². The molecule has 2 N–H and O–H groups in total. The smallest absolute Gasteiger partial charge is 0.287 e. The van der Waals surface area contributed by atoms with Gasteiger partial charge in [0, 0.05) is 15.6 Å². The van der Waals surface area contributed by atoms with E-state index < -0.39 is 11.8 Å². The predicted molar refractivity (Wildman–Crippen MR) is 142 cm³/mol. The maximum absolute atomic E-state index is 12.8. The quantitative estimate of drug-likeness (QED) is 0.155. The van der Waals surface area contributed by atoms with Crippen LogP contribution >= 0.6 is 31.9 Å². The SMILES string of the molecule is COc1c(Br)cc(Br)cc1/C=N/NC(=O)/C(=C/C=C/c1ccccc1)NC(=O)c1ccccc1. The normalized spacial score (nSPS) is 11.6. The summed E-state index contributed by atoms with van der Waals surface area (Å²) in [5.41, 5.74) is 4.53. The number of hydrogen-bond donors (Lipinski definition) is 2. The Morgan fingerprint density at radius 2 is 1.65 bits per heavy atom. The molecule has 0 aromatic heterocycles. The third-order valence-electron chi connectivity index (χ3n) is 4.49. The van der Waals surface area contributed by atoms with Gasteiger partial charge < -0.3 is 10.1 Å². The maximum Gasteiger partial charge on any atom is 0.287 e. The molecule has 172 valence electrons. The molecule has 0 aliphatic carbocycles. The standard InChI is InChI=1S/C26H21Br2N3O3/c1-34-24-20(15-21(27)16-22(24)28)17-29-31-26(33)23(14-8-11-18-9-4-2-5-10-18)30-25(32)19-12-6-3-7-13-19/h2-17H,1H3,(H,30,32)(H,31,33)/b11-8+,23-14-,29-17+. The first kappa shape index (κ1) is 25.1.